The van der Waals surface area contributed by atoms with Gasteiger partial charge < -0.3 is 5.32 Å². The lowest BCUT2D eigenvalue weighted by Crippen LogP contribution is -2.32. The number of fused-ring (bicyclic) bond motifs is 1. The van der Waals surface area contributed by atoms with Crippen LogP contribution in [0.3, 0.4) is 0 Å². The zero-order chi connectivity index (χ0) is 32.0. The Bertz CT molecular complexity index is 1470. The van der Waals surface area contributed by atoms with Crippen molar-refractivity contribution in [3.05, 3.63) is 53.2 Å². The van der Waals surface area contributed by atoms with Crippen molar-refractivity contribution in [3.8, 4) is 0 Å². The molecule has 0 aliphatic heterocycles. The van der Waals surface area contributed by atoms with E-state index in [2.05, 4.69) is 22.1 Å². The van der Waals surface area contributed by atoms with Gasteiger partial charge in [-0.2, -0.15) is 5.10 Å². The standard InChI is InChI=1S/C34H49ClN4O4S/c1-4-5-6-7-8-9-10-11-12-13-14-15-16-17-22-44(42,43)38-29-20-21-30(35)31(24-29)37-34(41)33(27(3)40)39-32-23-26(2)18-19-28(32)25-36-39/h18-21,23-25,33,38H,4-17,22H2,1-3H3,(H,37,41). The molecule has 0 spiro atoms. The minimum Gasteiger partial charge on any atom is -0.322 e. The zero-order valence-electron chi connectivity index (χ0n) is 26.5. The minimum absolute atomic E-state index is 0.0214. The number of aryl methyl sites for hydroxylation is 1. The SMILES string of the molecule is CCCCCCCCCCCCCCCCS(=O)(=O)Nc1ccc(Cl)c(NC(=O)C(C(C)=O)n2ncc3ccc(C)cc32)c1. The molecule has 10 heteroatoms. The molecule has 0 fully saturated rings. The van der Waals surface area contributed by atoms with E-state index < -0.39 is 27.8 Å². The predicted octanol–water partition coefficient (Wildman–Crippen LogP) is 8.99. The van der Waals surface area contributed by atoms with Gasteiger partial charge in [-0.15, -0.1) is 0 Å². The molecule has 1 unspecified atom stereocenters. The first kappa shape index (κ1) is 35.6. The fourth-order valence-corrected chi connectivity index (χ4v) is 6.76. The van der Waals surface area contributed by atoms with E-state index in [-0.39, 0.29) is 22.2 Å². The van der Waals surface area contributed by atoms with Crippen molar-refractivity contribution < 1.29 is 18.0 Å². The molecule has 2 N–H and O–H groups in total. The lowest BCUT2D eigenvalue weighted by Gasteiger charge is -2.17. The molecule has 8 nitrogen and oxygen atoms in total. The van der Waals surface area contributed by atoms with Crippen molar-refractivity contribution in [2.24, 2.45) is 0 Å². The third-order valence-corrected chi connectivity index (χ3v) is 9.60. The Labute approximate surface area is 268 Å². The summed E-state index contributed by atoms with van der Waals surface area (Å²) in [5, 5.41) is 8.02. The number of aromatic nitrogens is 2. The summed E-state index contributed by atoms with van der Waals surface area (Å²) in [6, 6.07) is 8.99. The van der Waals surface area contributed by atoms with E-state index in [1.807, 2.05) is 25.1 Å². The summed E-state index contributed by atoms with van der Waals surface area (Å²) in [6.07, 6.45) is 18.4. The normalized spacial score (nSPS) is 12.4. The number of benzene rings is 2. The van der Waals surface area contributed by atoms with Crippen LogP contribution in [0.1, 0.15) is 115 Å². The van der Waals surface area contributed by atoms with Gasteiger partial charge in [-0.1, -0.05) is 114 Å². The number of sulfonamides is 1. The maximum atomic E-state index is 13.3. The van der Waals surface area contributed by atoms with Crippen LogP contribution in [-0.2, 0) is 19.6 Å². The summed E-state index contributed by atoms with van der Waals surface area (Å²) in [7, 11) is -3.58. The molecule has 1 amide bonds. The number of carbonyl (C=O) groups excluding carboxylic acids is 2. The van der Waals surface area contributed by atoms with E-state index >= 15 is 0 Å². The Morgan fingerprint density at radius 3 is 2.05 bits per heavy atom. The maximum absolute atomic E-state index is 13.3. The number of hydrogen-bond donors (Lipinski definition) is 2. The lowest BCUT2D eigenvalue weighted by atomic mass is 10.0. The third kappa shape index (κ3) is 11.5. The van der Waals surface area contributed by atoms with E-state index in [0.717, 1.165) is 30.2 Å². The zero-order valence-corrected chi connectivity index (χ0v) is 28.1. The van der Waals surface area contributed by atoms with Gasteiger partial charge in [0.05, 0.1) is 33.9 Å². The number of amides is 1. The second-order valence-corrected chi connectivity index (χ2v) is 14.1. The highest BCUT2D eigenvalue weighted by Gasteiger charge is 2.28. The van der Waals surface area contributed by atoms with Crippen LogP contribution in [0.4, 0.5) is 11.4 Å². The molecule has 242 valence electrons. The average Bonchev–Trinajstić information content (AvgIpc) is 3.37. The highest BCUT2D eigenvalue weighted by Crippen LogP contribution is 2.28. The van der Waals surface area contributed by atoms with Gasteiger partial charge in [-0.05, 0) is 50.1 Å². The second kappa shape index (κ2) is 18.2. The molecule has 2 aromatic carbocycles. The number of hydrogen-bond acceptors (Lipinski definition) is 5. The molecule has 0 bridgehead atoms. The smallest absolute Gasteiger partial charge is 0.256 e. The number of nitrogens with zero attached hydrogens (tertiary/aromatic N) is 2. The van der Waals surface area contributed by atoms with E-state index in [9.17, 15) is 18.0 Å². The fraction of sp³-hybridized carbons (Fsp3) is 0.559. The van der Waals surface area contributed by atoms with E-state index in [0.29, 0.717) is 11.9 Å². The summed E-state index contributed by atoms with van der Waals surface area (Å²) < 4.78 is 29.5. The molecule has 3 aromatic rings. The Kier molecular flexibility index (Phi) is 14.7. The predicted molar refractivity (Wildman–Crippen MR) is 182 cm³/mol. The molecule has 3 rings (SSSR count). The number of anilines is 2. The Hall–Kier alpha value is -2.91. The monoisotopic (exact) mass is 644 g/mol. The van der Waals surface area contributed by atoms with Gasteiger partial charge in [0.15, 0.2) is 11.8 Å². The molecule has 0 radical (unpaired) electrons. The largest absolute Gasteiger partial charge is 0.322 e. The van der Waals surface area contributed by atoms with Gasteiger partial charge in [0.1, 0.15) is 0 Å². The number of halogens is 1. The van der Waals surface area contributed by atoms with Crippen molar-refractivity contribution in [3.63, 3.8) is 0 Å². The summed E-state index contributed by atoms with van der Waals surface area (Å²) in [4.78, 5) is 25.9. The number of ketones is 1. The summed E-state index contributed by atoms with van der Waals surface area (Å²) in [6.45, 7) is 5.50. The van der Waals surface area contributed by atoms with Crippen molar-refractivity contribution in [1.29, 1.82) is 0 Å². The lowest BCUT2D eigenvalue weighted by molar-refractivity contribution is -0.129. The van der Waals surface area contributed by atoms with Crippen LogP contribution < -0.4 is 10.0 Å². The number of Topliss-reactive ketones (excluding diaryl/α,β-unsaturated/α-hetero) is 1. The molecule has 1 atom stereocenters. The van der Waals surface area contributed by atoms with E-state index in [4.69, 9.17) is 11.6 Å². The van der Waals surface area contributed by atoms with Crippen LogP contribution >= 0.6 is 11.6 Å². The molecule has 0 aliphatic rings. The van der Waals surface area contributed by atoms with E-state index in [1.54, 1.807) is 12.3 Å². The molecular weight excluding hydrogens is 596 g/mol. The topological polar surface area (TPSA) is 110 Å². The Balaban J connectivity index is 1.44. The third-order valence-electron chi connectivity index (χ3n) is 7.90. The molecule has 44 heavy (non-hydrogen) atoms. The number of nitrogens with one attached hydrogen (secondary N) is 2. The molecule has 0 saturated heterocycles. The first-order valence-electron chi connectivity index (χ1n) is 16.2. The van der Waals surface area contributed by atoms with Crippen LogP contribution in [0.25, 0.3) is 10.9 Å². The number of rotatable bonds is 21. The highest BCUT2D eigenvalue weighted by atomic mass is 35.5. The number of carbonyl (C=O) groups is 2. The first-order valence-corrected chi connectivity index (χ1v) is 18.2. The van der Waals surface area contributed by atoms with Crippen molar-refractivity contribution in [2.75, 3.05) is 15.8 Å². The number of unbranched alkanes of at least 4 members (excludes halogenated alkanes) is 13. The molecule has 0 aliphatic carbocycles. The van der Waals surface area contributed by atoms with Crippen LogP contribution in [0, 0.1) is 6.92 Å². The summed E-state index contributed by atoms with van der Waals surface area (Å²) in [5.41, 5.74) is 2.12. The molecule has 1 heterocycles. The Morgan fingerprint density at radius 2 is 1.45 bits per heavy atom. The van der Waals surface area contributed by atoms with Crippen LogP contribution in [0.2, 0.25) is 5.02 Å². The molecule has 1 aromatic heterocycles. The average molecular weight is 645 g/mol. The van der Waals surface area contributed by atoms with Crippen molar-refractivity contribution >= 4 is 55.6 Å². The van der Waals surface area contributed by atoms with Gasteiger partial charge in [0, 0.05) is 5.39 Å². The van der Waals surface area contributed by atoms with Crippen molar-refractivity contribution in [2.45, 2.75) is 117 Å². The van der Waals surface area contributed by atoms with Crippen LogP contribution in [0.5, 0.6) is 0 Å². The van der Waals surface area contributed by atoms with Crippen molar-refractivity contribution in [1.82, 2.24) is 9.78 Å². The second-order valence-electron chi connectivity index (χ2n) is 11.9. The maximum Gasteiger partial charge on any atom is 0.256 e. The molecule has 0 saturated carbocycles. The first-order chi connectivity index (χ1) is 21.1. The minimum atomic E-state index is -3.58. The quantitative estimate of drug-likeness (QED) is 0.0888. The van der Waals surface area contributed by atoms with Gasteiger partial charge in [0.25, 0.3) is 5.91 Å². The fourth-order valence-electron chi connectivity index (χ4n) is 5.42. The van der Waals surface area contributed by atoms with Gasteiger partial charge in [-0.25, -0.2) is 13.1 Å². The van der Waals surface area contributed by atoms with E-state index in [1.165, 1.54) is 87.9 Å². The van der Waals surface area contributed by atoms with Crippen LogP contribution in [0.15, 0.2) is 42.6 Å². The van der Waals surface area contributed by atoms with Gasteiger partial charge in [0.2, 0.25) is 10.0 Å². The molecular formula is C34H49ClN4O4S. The Morgan fingerprint density at radius 1 is 0.864 bits per heavy atom. The van der Waals surface area contributed by atoms with Gasteiger partial charge >= 0.3 is 0 Å². The highest BCUT2D eigenvalue weighted by molar-refractivity contribution is 7.92. The summed E-state index contributed by atoms with van der Waals surface area (Å²) in [5.74, 6) is -0.989. The summed E-state index contributed by atoms with van der Waals surface area (Å²) >= 11 is 6.34. The van der Waals surface area contributed by atoms with Crippen LogP contribution in [-0.4, -0.2) is 35.6 Å². The van der Waals surface area contributed by atoms with Gasteiger partial charge in [-0.3, -0.25) is 14.3 Å².